The van der Waals surface area contributed by atoms with Crippen LogP contribution in [0.5, 0.6) is 0 Å². The van der Waals surface area contributed by atoms with Gasteiger partial charge in [-0.25, -0.2) is 4.79 Å². The van der Waals surface area contributed by atoms with E-state index in [2.05, 4.69) is 78.4 Å². The van der Waals surface area contributed by atoms with Crippen molar-refractivity contribution in [3.05, 3.63) is 23.5 Å². The fraction of sp³-hybridized carbons (Fsp3) is 0.839. The van der Waals surface area contributed by atoms with Gasteiger partial charge in [-0.3, -0.25) is 0 Å². The molecule has 1 aromatic heterocycles. The lowest BCUT2D eigenvalue weighted by Crippen LogP contribution is -2.40. The lowest BCUT2D eigenvalue weighted by Gasteiger charge is -2.36. The minimum atomic E-state index is -1.65. The molecule has 0 atom stereocenters. The number of esters is 1. The van der Waals surface area contributed by atoms with Crippen LogP contribution in [0.4, 0.5) is 0 Å². The SMILES string of the molecule is COC(=O)c1ccc(CCCCCCCO[Si](C)(C)C(C)(C)C)n1CCCCCCO[Si](C)(C)C(C)(C)C. The van der Waals surface area contributed by atoms with Crippen molar-refractivity contribution < 1.29 is 18.4 Å². The quantitative estimate of drug-likeness (QED) is 0.101. The highest BCUT2D eigenvalue weighted by molar-refractivity contribution is 6.74. The Hall–Kier alpha value is -0.896. The highest BCUT2D eigenvalue weighted by Crippen LogP contribution is 2.37. The Bertz CT molecular complexity index is 819. The summed E-state index contributed by atoms with van der Waals surface area (Å²) in [5, 5.41) is 0.547. The van der Waals surface area contributed by atoms with Crippen LogP contribution in [-0.4, -0.2) is 47.5 Å². The Labute approximate surface area is 237 Å². The van der Waals surface area contributed by atoms with Crippen molar-refractivity contribution in [1.29, 1.82) is 0 Å². The summed E-state index contributed by atoms with van der Waals surface area (Å²) >= 11 is 0. The third-order valence-electron chi connectivity index (χ3n) is 8.86. The number of unbranched alkanes of at least 4 members (excludes halogenated alkanes) is 7. The van der Waals surface area contributed by atoms with Crippen molar-refractivity contribution in [2.75, 3.05) is 20.3 Å². The monoisotopic (exact) mass is 567 g/mol. The molecule has 0 aliphatic rings. The highest BCUT2D eigenvalue weighted by atomic mass is 28.4. The zero-order valence-corrected chi connectivity index (χ0v) is 28.9. The molecule has 1 rings (SSSR count). The third-order valence-corrected chi connectivity index (χ3v) is 17.9. The van der Waals surface area contributed by atoms with Crippen LogP contribution in [0.2, 0.25) is 36.3 Å². The van der Waals surface area contributed by atoms with Crippen LogP contribution in [0.1, 0.15) is 116 Å². The maximum Gasteiger partial charge on any atom is 0.354 e. The summed E-state index contributed by atoms with van der Waals surface area (Å²) < 4.78 is 19.9. The van der Waals surface area contributed by atoms with Crippen LogP contribution in [0.25, 0.3) is 0 Å². The Morgan fingerprint density at radius 1 is 0.711 bits per heavy atom. The number of rotatable bonds is 18. The Morgan fingerprint density at radius 3 is 1.63 bits per heavy atom. The Kier molecular flexibility index (Phi) is 14.6. The summed E-state index contributed by atoms with van der Waals surface area (Å²) in [5.74, 6) is -0.235. The fourth-order valence-electron chi connectivity index (χ4n) is 4.03. The molecule has 0 bridgehead atoms. The van der Waals surface area contributed by atoms with Gasteiger partial charge in [0, 0.05) is 25.5 Å². The first-order valence-corrected chi connectivity index (χ1v) is 20.9. The summed E-state index contributed by atoms with van der Waals surface area (Å²) in [6.07, 6.45) is 11.5. The predicted molar refractivity (Wildman–Crippen MR) is 167 cm³/mol. The molecule has 0 N–H and O–H groups in total. The summed E-state index contributed by atoms with van der Waals surface area (Å²) in [4.78, 5) is 12.3. The van der Waals surface area contributed by atoms with E-state index in [0.717, 1.165) is 64.7 Å². The van der Waals surface area contributed by atoms with E-state index in [0.29, 0.717) is 5.69 Å². The van der Waals surface area contributed by atoms with Crippen LogP contribution >= 0.6 is 0 Å². The molecular weight excluding hydrogens is 507 g/mol. The molecule has 1 heterocycles. The van der Waals surface area contributed by atoms with Crippen molar-refractivity contribution in [2.45, 2.75) is 149 Å². The minimum absolute atomic E-state index is 0.235. The van der Waals surface area contributed by atoms with Gasteiger partial charge in [0.15, 0.2) is 16.6 Å². The maximum atomic E-state index is 12.3. The molecular formula is C31H61NO4Si2. The molecule has 0 amide bonds. The zero-order chi connectivity index (χ0) is 29.0. The van der Waals surface area contributed by atoms with Crippen molar-refractivity contribution in [2.24, 2.45) is 0 Å². The summed E-state index contributed by atoms with van der Waals surface area (Å²) in [5.41, 5.74) is 1.94. The van der Waals surface area contributed by atoms with Gasteiger partial charge < -0.3 is 18.2 Å². The van der Waals surface area contributed by atoms with Gasteiger partial charge in [0.25, 0.3) is 0 Å². The van der Waals surface area contributed by atoms with Crippen LogP contribution in [0, 0.1) is 0 Å². The Balaban J connectivity index is 2.40. The smallest absolute Gasteiger partial charge is 0.354 e. The van der Waals surface area contributed by atoms with Gasteiger partial charge in [-0.1, -0.05) is 73.6 Å². The molecule has 0 saturated carbocycles. The van der Waals surface area contributed by atoms with Gasteiger partial charge >= 0.3 is 5.97 Å². The first kappa shape index (κ1) is 35.1. The van der Waals surface area contributed by atoms with E-state index in [9.17, 15) is 4.79 Å². The van der Waals surface area contributed by atoms with Crippen LogP contribution in [0.3, 0.4) is 0 Å². The second-order valence-electron chi connectivity index (χ2n) is 14.0. The number of aryl methyl sites for hydroxylation is 1. The van der Waals surface area contributed by atoms with Crippen LogP contribution < -0.4 is 0 Å². The van der Waals surface area contributed by atoms with Crippen molar-refractivity contribution >= 4 is 22.6 Å². The first-order chi connectivity index (χ1) is 17.5. The molecule has 0 aromatic carbocycles. The third kappa shape index (κ3) is 11.7. The molecule has 0 spiro atoms. The van der Waals surface area contributed by atoms with Crippen molar-refractivity contribution in [3.8, 4) is 0 Å². The van der Waals surface area contributed by atoms with Gasteiger partial charge in [-0.15, -0.1) is 0 Å². The second-order valence-corrected chi connectivity index (χ2v) is 23.6. The average molecular weight is 568 g/mol. The normalized spacial score (nSPS) is 13.2. The van der Waals surface area contributed by atoms with Gasteiger partial charge in [-0.2, -0.15) is 0 Å². The number of hydrogen-bond donors (Lipinski definition) is 0. The van der Waals surface area contributed by atoms with Gasteiger partial charge in [0.1, 0.15) is 5.69 Å². The molecule has 0 aliphatic heterocycles. The maximum absolute atomic E-state index is 12.3. The average Bonchev–Trinajstić information content (AvgIpc) is 3.20. The molecule has 38 heavy (non-hydrogen) atoms. The van der Waals surface area contributed by atoms with E-state index in [4.69, 9.17) is 13.6 Å². The minimum Gasteiger partial charge on any atom is -0.464 e. The van der Waals surface area contributed by atoms with Gasteiger partial charge in [0.05, 0.1) is 7.11 Å². The molecule has 0 unspecified atom stereocenters. The lowest BCUT2D eigenvalue weighted by atomic mass is 10.1. The summed E-state index contributed by atoms with van der Waals surface area (Å²) in [6, 6.07) is 4.05. The van der Waals surface area contributed by atoms with Crippen molar-refractivity contribution in [3.63, 3.8) is 0 Å². The van der Waals surface area contributed by atoms with E-state index in [1.54, 1.807) is 0 Å². The number of nitrogens with zero attached hydrogens (tertiary/aromatic N) is 1. The zero-order valence-electron chi connectivity index (χ0n) is 26.9. The number of hydrogen-bond acceptors (Lipinski definition) is 4. The fourth-order valence-corrected chi connectivity index (χ4v) is 6.20. The van der Waals surface area contributed by atoms with E-state index < -0.39 is 16.6 Å². The Morgan fingerprint density at radius 2 is 1.16 bits per heavy atom. The van der Waals surface area contributed by atoms with Gasteiger partial charge in [0.2, 0.25) is 0 Å². The molecule has 222 valence electrons. The summed E-state index contributed by atoms with van der Waals surface area (Å²) in [7, 11) is -1.80. The lowest BCUT2D eigenvalue weighted by molar-refractivity contribution is 0.0587. The van der Waals surface area contributed by atoms with Crippen molar-refractivity contribution in [1.82, 2.24) is 4.57 Å². The molecule has 0 saturated heterocycles. The molecule has 5 nitrogen and oxygen atoms in total. The second kappa shape index (κ2) is 15.8. The number of ether oxygens (including phenoxy) is 1. The van der Waals surface area contributed by atoms with E-state index in [-0.39, 0.29) is 16.0 Å². The molecule has 1 aromatic rings. The number of methoxy groups -OCH3 is 1. The van der Waals surface area contributed by atoms with E-state index in [1.165, 1.54) is 32.1 Å². The van der Waals surface area contributed by atoms with Crippen LogP contribution in [0.15, 0.2) is 12.1 Å². The van der Waals surface area contributed by atoms with E-state index >= 15 is 0 Å². The van der Waals surface area contributed by atoms with E-state index in [1.807, 2.05) is 6.07 Å². The molecule has 0 aliphatic carbocycles. The number of aromatic nitrogens is 1. The first-order valence-electron chi connectivity index (χ1n) is 15.1. The van der Waals surface area contributed by atoms with Crippen LogP contribution in [-0.2, 0) is 26.6 Å². The number of carbonyl (C=O) groups is 1. The molecule has 0 radical (unpaired) electrons. The standard InChI is InChI=1S/C31H61NO4Si2/c1-30(2,3)37(8,9)35-25-19-15-12-13-17-21-27-22-23-28(29(33)34-7)32(27)24-18-14-16-20-26-36-38(10,11)31(4,5)6/h22-23H,12-21,24-26H2,1-11H3. The van der Waals surface area contributed by atoms with Gasteiger partial charge in [-0.05, 0) is 80.5 Å². The number of carbonyl (C=O) groups excluding carboxylic acids is 1. The molecule has 0 fully saturated rings. The molecule has 7 heteroatoms. The predicted octanol–water partition coefficient (Wildman–Crippen LogP) is 9.37. The highest BCUT2D eigenvalue weighted by Gasteiger charge is 2.37. The largest absolute Gasteiger partial charge is 0.464 e. The topological polar surface area (TPSA) is 49.7 Å². The summed E-state index contributed by atoms with van der Waals surface area (Å²) in [6.45, 7) is 25.7.